The number of amides is 1. The Kier molecular flexibility index (Phi) is 5.03. The maximum atomic E-state index is 13.0. The Bertz CT molecular complexity index is 1340. The van der Waals surface area contributed by atoms with Gasteiger partial charge in [0.05, 0.1) is 29.3 Å². The molecule has 5 heterocycles. The van der Waals surface area contributed by atoms with E-state index >= 15 is 0 Å². The van der Waals surface area contributed by atoms with Crippen LogP contribution in [0.25, 0.3) is 21.8 Å². The molecule has 2 fully saturated rings. The van der Waals surface area contributed by atoms with Crippen LogP contribution < -0.4 is 10.2 Å². The van der Waals surface area contributed by atoms with Gasteiger partial charge < -0.3 is 19.4 Å². The summed E-state index contributed by atoms with van der Waals surface area (Å²) in [6.45, 7) is 4.95. The number of fused-ring (bicyclic) bond motifs is 1. The number of hydrogen-bond donors (Lipinski definition) is 1. The first-order valence-corrected chi connectivity index (χ1v) is 11.8. The van der Waals surface area contributed by atoms with Crippen LogP contribution >= 0.6 is 11.3 Å². The van der Waals surface area contributed by atoms with E-state index in [9.17, 15) is 4.79 Å². The number of rotatable bonds is 5. The molecule has 4 aromatic heterocycles. The molecule has 0 atom stereocenters. The van der Waals surface area contributed by atoms with Gasteiger partial charge in [0.1, 0.15) is 6.26 Å². The number of nitrogens with zero attached hydrogens (tertiary/aromatic N) is 5. The number of anilines is 2. The molecule has 2 aliphatic rings. The van der Waals surface area contributed by atoms with Crippen molar-refractivity contribution in [1.82, 2.24) is 19.9 Å². The largest absolute Gasteiger partial charge is 0.444 e. The molecule has 1 N–H and O–H groups in total. The zero-order chi connectivity index (χ0) is 22.4. The summed E-state index contributed by atoms with van der Waals surface area (Å²) in [6, 6.07) is 5.66. The van der Waals surface area contributed by atoms with Crippen LogP contribution in [-0.4, -0.2) is 52.1 Å². The van der Waals surface area contributed by atoms with Crippen molar-refractivity contribution in [3.05, 3.63) is 47.7 Å². The Hall–Kier alpha value is -3.37. The minimum Gasteiger partial charge on any atom is -0.444 e. The zero-order valence-corrected chi connectivity index (χ0v) is 18.9. The Morgan fingerprint density at radius 3 is 2.82 bits per heavy atom. The number of thiazole rings is 1. The van der Waals surface area contributed by atoms with Crippen molar-refractivity contribution in [2.75, 3.05) is 36.5 Å². The summed E-state index contributed by atoms with van der Waals surface area (Å²) in [5.74, 6) is 0.418. The smallest absolute Gasteiger partial charge is 0.277 e. The molecule has 0 bridgehead atoms. The summed E-state index contributed by atoms with van der Waals surface area (Å²) in [5, 5.41) is 3.96. The Balaban J connectivity index is 1.28. The molecule has 168 valence electrons. The number of pyridine rings is 2. The molecule has 1 saturated carbocycles. The van der Waals surface area contributed by atoms with Gasteiger partial charge in [-0.2, -0.15) is 4.98 Å². The summed E-state index contributed by atoms with van der Waals surface area (Å²) >= 11 is 1.59. The molecule has 0 unspecified atom stereocenters. The molecule has 1 aliphatic carbocycles. The van der Waals surface area contributed by atoms with Crippen LogP contribution in [0.2, 0.25) is 0 Å². The van der Waals surface area contributed by atoms with Gasteiger partial charge in [-0.25, -0.2) is 9.97 Å². The number of hydrogen-bond acceptors (Lipinski definition) is 9. The quantitative estimate of drug-likeness (QED) is 0.474. The van der Waals surface area contributed by atoms with E-state index in [0.717, 1.165) is 64.0 Å². The fourth-order valence-corrected chi connectivity index (χ4v) is 4.90. The first-order chi connectivity index (χ1) is 16.1. The second-order valence-corrected chi connectivity index (χ2v) is 9.30. The SMILES string of the molecule is Cc1cc(-c2nc(C(=O)Nc3cc4sc(N5CCOCC5)nc4nc3C3CC3)co2)ccn1. The highest BCUT2D eigenvalue weighted by molar-refractivity contribution is 7.22. The van der Waals surface area contributed by atoms with Gasteiger partial charge >= 0.3 is 0 Å². The summed E-state index contributed by atoms with van der Waals surface area (Å²) in [4.78, 5) is 33.4. The number of ether oxygens (including phenoxy) is 1. The first kappa shape index (κ1) is 20.3. The monoisotopic (exact) mass is 462 g/mol. The van der Waals surface area contributed by atoms with Crippen molar-refractivity contribution >= 4 is 38.4 Å². The molecule has 1 aliphatic heterocycles. The zero-order valence-electron chi connectivity index (χ0n) is 18.1. The highest BCUT2D eigenvalue weighted by Crippen LogP contribution is 2.44. The molecule has 0 spiro atoms. The Morgan fingerprint density at radius 2 is 2.03 bits per heavy atom. The van der Waals surface area contributed by atoms with Gasteiger partial charge in [-0.05, 0) is 38.0 Å². The predicted octanol–water partition coefficient (Wildman–Crippen LogP) is 4.02. The lowest BCUT2D eigenvalue weighted by Crippen LogP contribution is -2.36. The third-order valence-electron chi connectivity index (χ3n) is 5.78. The second-order valence-electron chi connectivity index (χ2n) is 8.29. The number of nitrogens with one attached hydrogen (secondary N) is 1. The Morgan fingerprint density at radius 1 is 1.18 bits per heavy atom. The second kappa shape index (κ2) is 8.20. The number of morpholine rings is 1. The van der Waals surface area contributed by atoms with E-state index < -0.39 is 0 Å². The maximum Gasteiger partial charge on any atom is 0.277 e. The number of carbonyl (C=O) groups is 1. The van der Waals surface area contributed by atoms with E-state index in [2.05, 4.69) is 20.2 Å². The highest BCUT2D eigenvalue weighted by atomic mass is 32.1. The van der Waals surface area contributed by atoms with Crippen LogP contribution in [0.3, 0.4) is 0 Å². The Labute approximate surface area is 193 Å². The van der Waals surface area contributed by atoms with E-state index in [4.69, 9.17) is 19.1 Å². The van der Waals surface area contributed by atoms with E-state index in [0.29, 0.717) is 25.0 Å². The number of aromatic nitrogens is 4. The van der Waals surface area contributed by atoms with Crippen molar-refractivity contribution < 1.29 is 13.9 Å². The van der Waals surface area contributed by atoms with Gasteiger partial charge in [0.15, 0.2) is 16.5 Å². The highest BCUT2D eigenvalue weighted by Gasteiger charge is 2.30. The number of carbonyl (C=O) groups excluding carboxylic acids is 1. The first-order valence-electron chi connectivity index (χ1n) is 11.0. The van der Waals surface area contributed by atoms with Crippen LogP contribution in [0, 0.1) is 6.92 Å². The normalized spacial score (nSPS) is 16.3. The van der Waals surface area contributed by atoms with E-state index in [1.165, 1.54) is 6.26 Å². The standard InChI is InChI=1S/C23H22N6O3S/c1-13-10-15(4-5-24-13)22-26-17(12-32-22)21(30)25-16-11-18-20(27-19(16)14-2-3-14)28-23(33-18)29-6-8-31-9-7-29/h4-5,10-12,14H,2-3,6-9H2,1H3,(H,25,30). The molecule has 1 amide bonds. The lowest BCUT2D eigenvalue weighted by atomic mass is 10.2. The van der Waals surface area contributed by atoms with E-state index in [1.807, 2.05) is 19.1 Å². The van der Waals surface area contributed by atoms with Crippen molar-refractivity contribution in [2.24, 2.45) is 0 Å². The van der Waals surface area contributed by atoms with Crippen molar-refractivity contribution in [3.8, 4) is 11.5 Å². The fourth-order valence-electron chi connectivity index (χ4n) is 3.90. The van der Waals surface area contributed by atoms with Crippen molar-refractivity contribution in [1.29, 1.82) is 0 Å². The van der Waals surface area contributed by atoms with Crippen LogP contribution in [0.4, 0.5) is 10.8 Å². The molecule has 10 heteroatoms. The van der Waals surface area contributed by atoms with Gasteiger partial charge in [0.2, 0.25) is 5.89 Å². The maximum absolute atomic E-state index is 13.0. The van der Waals surface area contributed by atoms with Crippen LogP contribution in [0.5, 0.6) is 0 Å². The lowest BCUT2D eigenvalue weighted by Gasteiger charge is -2.25. The van der Waals surface area contributed by atoms with Crippen LogP contribution in [0.15, 0.2) is 35.1 Å². The van der Waals surface area contributed by atoms with Crippen molar-refractivity contribution in [2.45, 2.75) is 25.7 Å². The lowest BCUT2D eigenvalue weighted by molar-refractivity contribution is 0.102. The topological polar surface area (TPSA) is 106 Å². The van der Waals surface area contributed by atoms with Gasteiger partial charge in [-0.1, -0.05) is 11.3 Å². The van der Waals surface area contributed by atoms with Crippen molar-refractivity contribution in [3.63, 3.8) is 0 Å². The molecule has 33 heavy (non-hydrogen) atoms. The molecule has 0 aromatic carbocycles. The van der Waals surface area contributed by atoms with Crippen LogP contribution in [-0.2, 0) is 4.74 Å². The molecule has 0 radical (unpaired) electrons. The third-order valence-corrected chi connectivity index (χ3v) is 6.83. The van der Waals surface area contributed by atoms with Gasteiger partial charge in [0, 0.05) is 36.5 Å². The molecule has 9 nitrogen and oxygen atoms in total. The number of oxazole rings is 1. The van der Waals surface area contributed by atoms with E-state index in [-0.39, 0.29) is 11.6 Å². The van der Waals surface area contributed by atoms with Gasteiger partial charge in [-0.3, -0.25) is 9.78 Å². The summed E-state index contributed by atoms with van der Waals surface area (Å²) in [7, 11) is 0. The minimum atomic E-state index is -0.322. The average molecular weight is 463 g/mol. The molecular formula is C23H22N6O3S. The van der Waals surface area contributed by atoms with E-state index in [1.54, 1.807) is 23.6 Å². The molecular weight excluding hydrogens is 440 g/mol. The number of aryl methyl sites for hydroxylation is 1. The molecule has 6 rings (SSSR count). The summed E-state index contributed by atoms with van der Waals surface area (Å²) in [5.41, 5.74) is 4.20. The van der Waals surface area contributed by atoms with Gasteiger partial charge in [-0.15, -0.1) is 0 Å². The minimum absolute atomic E-state index is 0.222. The fraction of sp³-hybridized carbons (Fsp3) is 0.348. The molecule has 1 saturated heterocycles. The summed E-state index contributed by atoms with van der Waals surface area (Å²) in [6.07, 6.45) is 5.21. The average Bonchev–Trinajstić information content (AvgIpc) is 3.39. The van der Waals surface area contributed by atoms with Crippen LogP contribution in [0.1, 0.15) is 40.6 Å². The molecule has 4 aromatic rings. The summed E-state index contributed by atoms with van der Waals surface area (Å²) < 4.78 is 12.0. The predicted molar refractivity (Wildman–Crippen MR) is 125 cm³/mol. The third kappa shape index (κ3) is 4.07. The van der Waals surface area contributed by atoms with Gasteiger partial charge in [0.25, 0.3) is 5.91 Å².